The molecule has 0 fully saturated rings. The minimum Gasteiger partial charge on any atom is -0.455 e. The number of ether oxygens (including phenoxy) is 2. The third-order valence-corrected chi connectivity index (χ3v) is 18.4. The molecule has 0 atom stereocenters. The molecular formula is C54H42N2O2Si. The van der Waals surface area contributed by atoms with Crippen LogP contribution < -0.4 is 40.0 Å². The highest BCUT2D eigenvalue weighted by atomic mass is 28.3. The Morgan fingerprint density at radius 1 is 0.356 bits per heavy atom. The predicted molar refractivity (Wildman–Crippen MR) is 244 cm³/mol. The minimum atomic E-state index is -3.17. The van der Waals surface area contributed by atoms with Crippen LogP contribution in [0.4, 0.5) is 34.1 Å². The van der Waals surface area contributed by atoms with Gasteiger partial charge >= 0.3 is 0 Å². The summed E-state index contributed by atoms with van der Waals surface area (Å²) in [4.78, 5) is 4.88. The summed E-state index contributed by atoms with van der Waals surface area (Å²) in [6, 6.07) is 66.6. The molecule has 4 nitrogen and oxygen atoms in total. The summed E-state index contributed by atoms with van der Waals surface area (Å²) < 4.78 is 14.6. The van der Waals surface area contributed by atoms with Gasteiger partial charge in [0.1, 0.15) is 11.5 Å². The third-order valence-electron chi connectivity index (χ3n) is 13.5. The van der Waals surface area contributed by atoms with Gasteiger partial charge in [0.2, 0.25) is 0 Å². The Kier molecular flexibility index (Phi) is 7.02. The van der Waals surface area contributed by atoms with Crippen molar-refractivity contribution in [3.05, 3.63) is 204 Å². The molecule has 8 aromatic carbocycles. The fourth-order valence-electron chi connectivity index (χ4n) is 10.9. The van der Waals surface area contributed by atoms with Gasteiger partial charge in [0.25, 0.3) is 0 Å². The van der Waals surface area contributed by atoms with Gasteiger partial charge in [-0.1, -0.05) is 161 Å². The lowest BCUT2D eigenvalue weighted by atomic mass is 9.73. The van der Waals surface area contributed by atoms with Gasteiger partial charge < -0.3 is 19.3 Å². The summed E-state index contributed by atoms with van der Waals surface area (Å²) in [5.41, 5.74) is 11.5. The molecule has 12 rings (SSSR count). The van der Waals surface area contributed by atoms with Crippen LogP contribution in [0.1, 0.15) is 49.9 Å². The lowest BCUT2D eigenvalue weighted by molar-refractivity contribution is 0.464. The molecule has 4 aliphatic heterocycles. The zero-order valence-electron chi connectivity index (χ0n) is 33.5. The Hall–Kier alpha value is -6.82. The fraction of sp³-hybridized carbons (Fsp3) is 0.111. The minimum absolute atomic E-state index is 0.183. The van der Waals surface area contributed by atoms with Crippen molar-refractivity contribution in [3.8, 4) is 23.0 Å². The number of benzene rings is 8. The van der Waals surface area contributed by atoms with Gasteiger partial charge in [0, 0.05) is 16.0 Å². The van der Waals surface area contributed by atoms with Crippen LogP contribution in [-0.4, -0.2) is 8.07 Å². The topological polar surface area (TPSA) is 24.9 Å². The van der Waals surface area contributed by atoms with Crippen LogP contribution in [0.3, 0.4) is 0 Å². The van der Waals surface area contributed by atoms with E-state index >= 15 is 0 Å². The van der Waals surface area contributed by atoms with Crippen molar-refractivity contribution in [1.29, 1.82) is 0 Å². The number of nitrogens with zero attached hydrogens (tertiary/aromatic N) is 2. The van der Waals surface area contributed by atoms with E-state index in [1.807, 2.05) is 0 Å². The second-order valence-corrected chi connectivity index (χ2v) is 20.9. The number of rotatable bonds is 3. The average Bonchev–Trinajstić information content (AvgIpc) is 3.27. The maximum absolute atomic E-state index is 7.32. The molecule has 0 saturated heterocycles. The number of para-hydroxylation sites is 6. The highest BCUT2D eigenvalue weighted by Gasteiger charge is 2.55. The molecule has 0 amide bonds. The van der Waals surface area contributed by atoms with Gasteiger partial charge in [-0.05, 0) is 86.3 Å². The van der Waals surface area contributed by atoms with Crippen LogP contribution in [0.15, 0.2) is 182 Å². The van der Waals surface area contributed by atoms with E-state index in [0.717, 1.165) is 39.6 Å². The van der Waals surface area contributed by atoms with Gasteiger partial charge in [-0.25, -0.2) is 0 Å². The number of hydrogen-bond acceptors (Lipinski definition) is 4. The monoisotopic (exact) mass is 778 g/mol. The van der Waals surface area contributed by atoms with Crippen molar-refractivity contribution in [2.75, 3.05) is 9.80 Å². The van der Waals surface area contributed by atoms with E-state index in [1.54, 1.807) is 0 Å². The molecule has 0 saturated carbocycles. The second kappa shape index (κ2) is 12.1. The Morgan fingerprint density at radius 3 is 1.10 bits per heavy atom. The standard InChI is InChI=1S/C54H42N2O2Si/c1-53(2)36-21-8-12-25-40(36)55(41-26-13-9-22-37(41)53)44-29-16-33-48-50(44)57-46-31-18-32-47-52(46)59(48,35-19-6-5-7-20-35)49-34-17-30-45(51(49)58-47)56-42-27-14-10-23-38(42)54(3,4)39-24-11-15-28-43(39)56/h5-34H,1-4H3. The van der Waals surface area contributed by atoms with Gasteiger partial charge in [0.05, 0.1) is 34.1 Å². The molecule has 0 spiro atoms. The summed E-state index contributed by atoms with van der Waals surface area (Å²) in [7, 11) is -3.17. The van der Waals surface area contributed by atoms with Crippen LogP contribution in [0.25, 0.3) is 0 Å². The molecular weight excluding hydrogens is 737 g/mol. The summed E-state index contributed by atoms with van der Waals surface area (Å²) in [6.45, 7) is 9.35. The molecule has 0 aliphatic carbocycles. The Morgan fingerprint density at radius 2 is 0.695 bits per heavy atom. The second-order valence-electron chi connectivity index (χ2n) is 17.2. The summed E-state index contributed by atoms with van der Waals surface area (Å²) in [6.07, 6.45) is 0. The van der Waals surface area contributed by atoms with Crippen LogP contribution in [0.5, 0.6) is 23.0 Å². The zero-order valence-corrected chi connectivity index (χ0v) is 34.5. The van der Waals surface area contributed by atoms with Crippen molar-refractivity contribution in [3.63, 3.8) is 0 Å². The van der Waals surface area contributed by atoms with Crippen LogP contribution >= 0.6 is 0 Å². The maximum Gasteiger partial charge on any atom is 0.197 e. The van der Waals surface area contributed by atoms with Gasteiger partial charge in [0.15, 0.2) is 19.6 Å². The molecule has 0 N–H and O–H groups in total. The SMILES string of the molecule is CC1(C)c2ccccc2N(c2cccc3c2Oc2cccc4c2[Si]3(c2ccccc2)c2cccc(N3c5ccccc5C(C)(C)c5ccccc53)c2O4)c2ccccc21. The predicted octanol–water partition coefficient (Wildman–Crippen LogP) is 11.5. The first-order valence-electron chi connectivity index (χ1n) is 20.6. The van der Waals surface area contributed by atoms with Gasteiger partial charge in [-0.3, -0.25) is 0 Å². The Balaban J connectivity index is 1.17. The Bertz CT molecular complexity index is 2760. The number of hydrogen-bond donors (Lipinski definition) is 0. The molecule has 5 heteroatoms. The van der Waals surface area contributed by atoms with Crippen molar-refractivity contribution in [2.24, 2.45) is 0 Å². The number of anilines is 6. The molecule has 59 heavy (non-hydrogen) atoms. The maximum atomic E-state index is 7.32. The first kappa shape index (κ1) is 34.2. The first-order valence-corrected chi connectivity index (χ1v) is 22.6. The molecule has 0 unspecified atom stereocenters. The highest BCUT2D eigenvalue weighted by molar-refractivity contribution is 7.21. The molecule has 4 heterocycles. The van der Waals surface area contributed by atoms with Crippen molar-refractivity contribution >= 4 is 62.9 Å². The highest BCUT2D eigenvalue weighted by Crippen LogP contribution is 2.56. The lowest BCUT2D eigenvalue weighted by Crippen LogP contribution is -2.77. The van der Waals surface area contributed by atoms with Gasteiger partial charge in [-0.15, -0.1) is 0 Å². The summed E-state index contributed by atoms with van der Waals surface area (Å²) in [5.74, 6) is 3.49. The van der Waals surface area contributed by atoms with Gasteiger partial charge in [-0.2, -0.15) is 0 Å². The number of fused-ring (bicyclic) bond motifs is 8. The average molecular weight is 779 g/mol. The molecule has 0 aromatic heterocycles. The summed E-state index contributed by atoms with van der Waals surface area (Å²) in [5, 5.41) is 4.87. The first-order chi connectivity index (χ1) is 28.8. The van der Waals surface area contributed by atoms with E-state index in [-0.39, 0.29) is 10.8 Å². The molecule has 8 aromatic rings. The van der Waals surface area contributed by atoms with Crippen LogP contribution in [0, 0.1) is 0 Å². The normalized spacial score (nSPS) is 16.4. The van der Waals surface area contributed by atoms with E-state index in [2.05, 4.69) is 219 Å². The molecule has 284 valence electrons. The van der Waals surface area contributed by atoms with E-state index in [1.165, 1.54) is 60.6 Å². The van der Waals surface area contributed by atoms with E-state index in [9.17, 15) is 0 Å². The molecule has 0 radical (unpaired) electrons. The lowest BCUT2D eigenvalue weighted by Gasteiger charge is -2.47. The largest absolute Gasteiger partial charge is 0.455 e. The molecule has 0 bridgehead atoms. The Labute approximate surface area is 346 Å². The summed E-state index contributed by atoms with van der Waals surface area (Å²) >= 11 is 0. The quantitative estimate of drug-likeness (QED) is 0.167. The van der Waals surface area contributed by atoms with Crippen LogP contribution in [0.2, 0.25) is 0 Å². The third kappa shape index (κ3) is 4.43. The van der Waals surface area contributed by atoms with Crippen molar-refractivity contribution in [2.45, 2.75) is 38.5 Å². The van der Waals surface area contributed by atoms with E-state index in [0.29, 0.717) is 0 Å². The van der Waals surface area contributed by atoms with E-state index < -0.39 is 8.07 Å². The van der Waals surface area contributed by atoms with Crippen molar-refractivity contribution < 1.29 is 9.47 Å². The smallest absolute Gasteiger partial charge is 0.197 e. The van der Waals surface area contributed by atoms with E-state index in [4.69, 9.17) is 9.47 Å². The van der Waals surface area contributed by atoms with Crippen LogP contribution in [-0.2, 0) is 10.8 Å². The molecule has 4 aliphatic rings. The fourth-order valence-corrected chi connectivity index (χ4v) is 16.1. The zero-order chi connectivity index (χ0) is 39.7. The van der Waals surface area contributed by atoms with Crippen molar-refractivity contribution in [1.82, 2.24) is 0 Å².